The molecule has 1 spiro atoms. The molecule has 6 bridgehead atoms. The molecule has 5 aliphatic rings. The lowest BCUT2D eigenvalue weighted by Gasteiger charge is -2.36. The summed E-state index contributed by atoms with van der Waals surface area (Å²) in [5.41, 5.74) is 10.8. The second-order valence-electron chi connectivity index (χ2n) is 29.7. The van der Waals surface area contributed by atoms with E-state index in [-0.39, 0.29) is 18.4 Å². The summed E-state index contributed by atoms with van der Waals surface area (Å²) in [6.45, 7) is 7.89. The van der Waals surface area contributed by atoms with Crippen LogP contribution in [0.15, 0.2) is 310 Å². The molecule has 0 aromatic heterocycles. The molecule has 1 heterocycles. The van der Waals surface area contributed by atoms with E-state index in [1.54, 1.807) is 72.8 Å². The van der Waals surface area contributed by atoms with E-state index in [2.05, 4.69) is 83.6 Å². The summed E-state index contributed by atoms with van der Waals surface area (Å²) in [6, 6.07) is 95.0. The minimum atomic E-state index is -2.26. The van der Waals surface area contributed by atoms with Crippen LogP contribution in [0.2, 0.25) is 0 Å². The van der Waals surface area contributed by atoms with Gasteiger partial charge in [-0.2, -0.15) is 0 Å². The van der Waals surface area contributed by atoms with Gasteiger partial charge in [0.2, 0.25) is 5.82 Å². The second kappa shape index (κ2) is 24.5. The summed E-state index contributed by atoms with van der Waals surface area (Å²) in [5, 5.41) is 3.02. The Bertz CT molecular complexity index is 6790. The molecular formula is C101H59F9N2. The fraction of sp³-hybridized carbons (Fsp3) is 0.0495. The molecule has 4 aliphatic carbocycles. The molecule has 21 rings (SSSR count). The van der Waals surface area contributed by atoms with Gasteiger partial charge in [-0.1, -0.05) is 256 Å². The van der Waals surface area contributed by atoms with Crippen molar-refractivity contribution in [2.45, 2.75) is 29.1 Å². The topological polar surface area (TPSA) is 6.48 Å². The van der Waals surface area contributed by atoms with Gasteiger partial charge in [0.25, 0.3) is 0 Å². The predicted octanol–water partition coefficient (Wildman–Crippen LogP) is 26.9. The Hall–Kier alpha value is -13.5. The molecule has 16 aromatic rings. The zero-order chi connectivity index (χ0) is 76.0. The van der Waals surface area contributed by atoms with Crippen molar-refractivity contribution in [3.63, 3.8) is 0 Å². The third-order valence-electron chi connectivity index (χ3n) is 24.4. The number of anilines is 6. The van der Waals surface area contributed by atoms with Crippen molar-refractivity contribution in [1.82, 2.24) is 0 Å². The number of nitrogens with zero attached hydrogens (tertiary/aromatic N) is 2. The highest BCUT2D eigenvalue weighted by molar-refractivity contribution is 6.06. The molecule has 2 nitrogen and oxygen atoms in total. The van der Waals surface area contributed by atoms with Crippen molar-refractivity contribution in [2.24, 2.45) is 0 Å². The number of fused-ring (bicyclic) bond motifs is 26. The maximum absolute atomic E-state index is 19.0. The van der Waals surface area contributed by atoms with Crippen LogP contribution in [0.25, 0.3) is 89.3 Å². The van der Waals surface area contributed by atoms with Gasteiger partial charge >= 0.3 is 0 Å². The fourth-order valence-corrected chi connectivity index (χ4v) is 19.8. The summed E-state index contributed by atoms with van der Waals surface area (Å²) in [6.07, 6.45) is 3.09. The molecule has 0 N–H and O–H groups in total. The molecule has 3 atom stereocenters. The molecule has 0 saturated carbocycles. The van der Waals surface area contributed by atoms with E-state index in [0.717, 1.165) is 66.4 Å². The van der Waals surface area contributed by atoms with Crippen molar-refractivity contribution >= 4 is 67.8 Å². The molecule has 112 heavy (non-hydrogen) atoms. The van der Waals surface area contributed by atoms with Crippen LogP contribution in [0, 0.1) is 52.4 Å². The van der Waals surface area contributed by atoms with Crippen molar-refractivity contribution in [1.29, 1.82) is 0 Å². The average Bonchev–Trinajstić information content (AvgIpc) is 1.51. The monoisotopic (exact) mass is 1470 g/mol. The summed E-state index contributed by atoms with van der Waals surface area (Å²) in [7, 11) is 0. The lowest BCUT2D eigenvalue weighted by Crippen LogP contribution is -2.34. The van der Waals surface area contributed by atoms with Crippen molar-refractivity contribution in [3.8, 4) is 55.6 Å². The van der Waals surface area contributed by atoms with Gasteiger partial charge in [0, 0.05) is 44.6 Å². The lowest BCUT2D eigenvalue weighted by molar-refractivity contribution is 0.357. The highest BCUT2D eigenvalue weighted by Crippen LogP contribution is 2.66. The third-order valence-corrected chi connectivity index (χ3v) is 24.4. The quantitative estimate of drug-likeness (QED) is 0.0723. The van der Waals surface area contributed by atoms with E-state index >= 15 is 39.5 Å². The van der Waals surface area contributed by atoms with Crippen LogP contribution < -0.4 is 9.80 Å². The SMILES string of the molecule is C=Cc1ccc(CC2(c3c(F)c(F)c(F)c(F)c3F)c3ccccc3-c3ccc(N(c4ccc5c(c4)C4(c6ccccc6-5)c5ccccc5-c5ccc(N6c7ccc8c(c7)C(Cc7ccc(C=C)cc7)(c7ccccc7-8)c7c(F)c(F)c(F)c(c7F)-c7cc6c6ccccc6c7)cc54)c4cccc5ccccc45)cc32)cc1. The minimum Gasteiger partial charge on any atom is -0.310 e. The molecule has 0 fully saturated rings. The predicted molar refractivity (Wildman–Crippen MR) is 430 cm³/mol. The highest BCUT2D eigenvalue weighted by Gasteiger charge is 2.55. The largest absolute Gasteiger partial charge is 0.310 e. The summed E-state index contributed by atoms with van der Waals surface area (Å²) >= 11 is 0. The second-order valence-corrected chi connectivity index (χ2v) is 29.7. The molecule has 0 saturated heterocycles. The Balaban J connectivity index is 0.820. The fourth-order valence-electron chi connectivity index (χ4n) is 19.8. The van der Waals surface area contributed by atoms with Gasteiger partial charge in [0.05, 0.1) is 33.2 Å². The number of rotatable bonds is 11. The first-order valence-electron chi connectivity index (χ1n) is 37.1. The van der Waals surface area contributed by atoms with E-state index in [0.29, 0.717) is 101 Å². The van der Waals surface area contributed by atoms with Crippen LogP contribution >= 0.6 is 0 Å². The number of hydrogen-bond donors (Lipinski definition) is 0. The van der Waals surface area contributed by atoms with Gasteiger partial charge in [-0.25, -0.2) is 39.5 Å². The first-order valence-corrected chi connectivity index (χ1v) is 37.1. The first-order chi connectivity index (χ1) is 54.7. The number of hydrogen-bond acceptors (Lipinski definition) is 2. The Kier molecular flexibility index (Phi) is 14.6. The summed E-state index contributed by atoms with van der Waals surface area (Å²) in [4.78, 5) is 4.21. The van der Waals surface area contributed by atoms with Crippen LogP contribution in [0.3, 0.4) is 0 Å². The Morgan fingerprint density at radius 1 is 0.304 bits per heavy atom. The summed E-state index contributed by atoms with van der Waals surface area (Å²) < 4.78 is 155. The van der Waals surface area contributed by atoms with Crippen LogP contribution in [0.1, 0.15) is 77.9 Å². The Morgan fingerprint density at radius 2 is 0.696 bits per heavy atom. The molecule has 0 amide bonds. The van der Waals surface area contributed by atoms with Crippen LogP contribution in [-0.4, -0.2) is 0 Å². The van der Waals surface area contributed by atoms with Gasteiger partial charge in [-0.05, 0) is 207 Å². The molecule has 11 heteroatoms. The standard InChI is InChI=1S/C101H59F9N2/c1-3-56-32-36-58(37-33-56)54-99-77-27-13-9-23-69(77)73-45-41-64(51-81(73)99)112(86-49-62(48-61-19-6-8-22-68(61)86)87-90(102)88(99)92(104)95(107)91(87)103)66-43-47-76-72-26-12-16-30-80(72)101(84(76)53-66)79-29-15-11-25-71(79)75-46-42-65(52-83(75)101)111(85-31-17-20-60-18-5-7-21-67(60)85)63-40-44-74-70-24-10-14-28-78(70)100(82(74)50-63,55-59-38-34-57(4-2)35-39-59)89-93(105)96(108)98(110)97(109)94(89)106/h3-53H,1-2,54-55H2. The molecule has 0 radical (unpaired) electrons. The van der Waals surface area contributed by atoms with E-state index in [1.165, 1.54) is 0 Å². The highest BCUT2D eigenvalue weighted by atomic mass is 19.2. The van der Waals surface area contributed by atoms with Gasteiger partial charge in [-0.15, -0.1) is 0 Å². The van der Waals surface area contributed by atoms with Gasteiger partial charge < -0.3 is 9.80 Å². The normalized spacial score (nSPS) is 16.7. The third kappa shape index (κ3) is 9.01. The lowest BCUT2D eigenvalue weighted by atomic mass is 9.67. The van der Waals surface area contributed by atoms with Crippen molar-refractivity contribution in [2.75, 3.05) is 9.80 Å². The summed E-state index contributed by atoms with van der Waals surface area (Å²) in [5.74, 6) is -16.5. The van der Waals surface area contributed by atoms with Gasteiger partial charge in [0.1, 0.15) is 5.82 Å². The number of benzene rings is 16. The zero-order valence-corrected chi connectivity index (χ0v) is 59.6. The van der Waals surface area contributed by atoms with Crippen molar-refractivity contribution < 1.29 is 39.5 Å². The maximum Gasteiger partial charge on any atom is 0.200 e. The zero-order valence-electron chi connectivity index (χ0n) is 59.6. The van der Waals surface area contributed by atoms with Crippen LogP contribution in [0.5, 0.6) is 0 Å². The molecule has 3 unspecified atom stereocenters. The van der Waals surface area contributed by atoms with Crippen LogP contribution in [-0.2, 0) is 29.1 Å². The molecule has 1 aliphatic heterocycles. The molecular weight excluding hydrogens is 1410 g/mol. The molecule has 16 aromatic carbocycles. The van der Waals surface area contributed by atoms with E-state index < -0.39 is 85.3 Å². The smallest absolute Gasteiger partial charge is 0.200 e. The Morgan fingerprint density at radius 3 is 1.24 bits per heavy atom. The van der Waals surface area contributed by atoms with E-state index in [4.69, 9.17) is 0 Å². The Labute approximate surface area is 638 Å². The van der Waals surface area contributed by atoms with Crippen LogP contribution in [0.4, 0.5) is 73.6 Å². The average molecular weight is 1470 g/mol. The maximum atomic E-state index is 19.0. The van der Waals surface area contributed by atoms with E-state index in [1.807, 2.05) is 176 Å². The van der Waals surface area contributed by atoms with Crippen molar-refractivity contribution in [3.05, 3.63) is 441 Å². The first kappa shape index (κ1) is 66.7. The minimum absolute atomic E-state index is 0.0115. The molecule has 536 valence electrons. The number of halogens is 9. The van der Waals surface area contributed by atoms with Gasteiger partial charge in [0.15, 0.2) is 40.7 Å². The van der Waals surface area contributed by atoms with E-state index in [9.17, 15) is 0 Å². The van der Waals surface area contributed by atoms with Gasteiger partial charge in [-0.3, -0.25) is 0 Å².